The Morgan fingerprint density at radius 2 is 2.11 bits per heavy atom. The van der Waals surface area contributed by atoms with E-state index in [1.807, 2.05) is 0 Å². The molecule has 0 fully saturated rings. The first-order valence-electron chi connectivity index (χ1n) is 5.12. The average molecular weight is 266 g/mol. The number of methoxy groups -OCH3 is 1. The van der Waals surface area contributed by atoms with Gasteiger partial charge in [0.1, 0.15) is 0 Å². The molecule has 0 aliphatic carbocycles. The fourth-order valence-electron chi connectivity index (χ4n) is 1.55. The number of nitrogens with zero attached hydrogens (tertiary/aromatic N) is 1. The molecule has 3 nitrogen and oxygen atoms in total. The van der Waals surface area contributed by atoms with Gasteiger partial charge in [-0.15, -0.1) is 0 Å². The number of ether oxygens (including phenoxy) is 1. The Labute approximate surface area is 108 Å². The lowest BCUT2D eigenvalue weighted by Crippen LogP contribution is -2.06. The maximum Gasteiger partial charge on any atom is 0.197 e. The van der Waals surface area contributed by atoms with Crippen molar-refractivity contribution in [3.8, 4) is 5.75 Å². The molecule has 0 N–H and O–H groups in total. The van der Waals surface area contributed by atoms with Gasteiger partial charge in [0.15, 0.2) is 17.3 Å². The molecule has 0 aliphatic heterocycles. The van der Waals surface area contributed by atoms with Gasteiger partial charge in [-0.25, -0.2) is 4.39 Å². The van der Waals surface area contributed by atoms with E-state index in [2.05, 4.69) is 4.98 Å². The Morgan fingerprint density at radius 3 is 2.78 bits per heavy atom. The summed E-state index contributed by atoms with van der Waals surface area (Å²) in [5, 5.41) is 0.185. The number of aromatic nitrogens is 1. The van der Waals surface area contributed by atoms with E-state index in [4.69, 9.17) is 16.3 Å². The maximum absolute atomic E-state index is 13.9. The lowest BCUT2D eigenvalue weighted by atomic mass is 10.0. The zero-order valence-corrected chi connectivity index (χ0v) is 10.2. The number of hydrogen-bond donors (Lipinski definition) is 0. The van der Waals surface area contributed by atoms with Crippen LogP contribution < -0.4 is 4.74 Å². The van der Waals surface area contributed by atoms with Gasteiger partial charge in [0.25, 0.3) is 0 Å². The smallest absolute Gasteiger partial charge is 0.197 e. The third-order valence-corrected chi connectivity index (χ3v) is 2.75. The molecule has 0 bridgehead atoms. The number of carbonyl (C=O) groups excluding carboxylic acids is 1. The van der Waals surface area contributed by atoms with Gasteiger partial charge in [0.2, 0.25) is 0 Å². The number of carbonyl (C=O) groups is 1. The topological polar surface area (TPSA) is 39.2 Å². The van der Waals surface area contributed by atoms with Gasteiger partial charge in [-0.2, -0.15) is 0 Å². The summed E-state index contributed by atoms with van der Waals surface area (Å²) in [4.78, 5) is 15.9. The Balaban J connectivity index is 2.50. The molecular formula is C13H9ClFNO2. The van der Waals surface area contributed by atoms with E-state index in [0.29, 0.717) is 0 Å². The zero-order chi connectivity index (χ0) is 13.1. The molecular weight excluding hydrogens is 257 g/mol. The van der Waals surface area contributed by atoms with Crippen molar-refractivity contribution in [1.29, 1.82) is 0 Å². The van der Waals surface area contributed by atoms with Crippen LogP contribution in [0.2, 0.25) is 5.02 Å². The van der Waals surface area contributed by atoms with E-state index in [0.717, 1.165) is 0 Å². The van der Waals surface area contributed by atoms with E-state index in [1.54, 1.807) is 6.07 Å². The molecule has 0 radical (unpaired) electrons. The van der Waals surface area contributed by atoms with Gasteiger partial charge in [0, 0.05) is 18.0 Å². The minimum atomic E-state index is -0.696. The first kappa shape index (κ1) is 12.5. The summed E-state index contributed by atoms with van der Waals surface area (Å²) in [6.45, 7) is 0. The number of ketones is 1. The summed E-state index contributed by atoms with van der Waals surface area (Å²) in [5.74, 6) is -1.18. The molecule has 0 spiro atoms. The molecule has 5 heteroatoms. The molecule has 0 unspecified atom stereocenters. The van der Waals surface area contributed by atoms with Gasteiger partial charge in [-0.3, -0.25) is 9.78 Å². The zero-order valence-electron chi connectivity index (χ0n) is 9.48. The van der Waals surface area contributed by atoms with Gasteiger partial charge in [-0.1, -0.05) is 17.7 Å². The molecule has 0 aliphatic rings. The monoisotopic (exact) mass is 265 g/mol. The Kier molecular flexibility index (Phi) is 3.58. The van der Waals surface area contributed by atoms with Gasteiger partial charge in [-0.05, 0) is 18.2 Å². The van der Waals surface area contributed by atoms with Gasteiger partial charge < -0.3 is 4.74 Å². The molecule has 1 aromatic carbocycles. The Morgan fingerprint density at radius 1 is 1.33 bits per heavy atom. The highest BCUT2D eigenvalue weighted by Crippen LogP contribution is 2.24. The fraction of sp³-hybridized carbons (Fsp3) is 0.0769. The van der Waals surface area contributed by atoms with Crippen LogP contribution in [0.1, 0.15) is 15.9 Å². The molecule has 2 rings (SSSR count). The van der Waals surface area contributed by atoms with Crippen LogP contribution in [0.4, 0.5) is 4.39 Å². The second-order valence-corrected chi connectivity index (χ2v) is 3.91. The molecule has 0 saturated heterocycles. The molecule has 1 aromatic heterocycles. The standard InChI is InChI=1S/C13H9ClFNO2/c1-18-11-4-2-3-9(12(11)15)13(17)8-5-6-16-7-10(8)14/h2-7H,1H3. The molecule has 0 amide bonds. The summed E-state index contributed by atoms with van der Waals surface area (Å²) in [7, 11) is 1.34. The average Bonchev–Trinajstić information content (AvgIpc) is 2.39. The van der Waals surface area contributed by atoms with E-state index in [-0.39, 0.29) is 21.9 Å². The largest absolute Gasteiger partial charge is 0.494 e. The second kappa shape index (κ2) is 5.14. The molecule has 0 saturated carbocycles. The van der Waals surface area contributed by atoms with Crippen molar-refractivity contribution in [3.05, 3.63) is 58.6 Å². The quantitative estimate of drug-likeness (QED) is 0.801. The Bertz CT molecular complexity index is 601. The number of halogens is 2. The van der Waals surface area contributed by atoms with E-state index in [1.165, 1.54) is 37.7 Å². The van der Waals surface area contributed by atoms with Crippen molar-refractivity contribution in [2.24, 2.45) is 0 Å². The predicted molar refractivity (Wildman–Crippen MR) is 65.6 cm³/mol. The minimum absolute atomic E-state index is 0.0195. The number of pyridine rings is 1. The van der Waals surface area contributed by atoms with Crippen LogP contribution in [0.3, 0.4) is 0 Å². The summed E-state index contributed by atoms with van der Waals surface area (Å²) in [6, 6.07) is 5.82. The molecule has 1 heterocycles. The van der Waals surface area contributed by atoms with Crippen LogP contribution in [0.5, 0.6) is 5.75 Å². The van der Waals surface area contributed by atoms with Crippen molar-refractivity contribution in [2.45, 2.75) is 0 Å². The number of hydrogen-bond acceptors (Lipinski definition) is 3. The first-order chi connectivity index (χ1) is 8.65. The van der Waals surface area contributed by atoms with Crippen molar-refractivity contribution in [3.63, 3.8) is 0 Å². The van der Waals surface area contributed by atoms with Crippen molar-refractivity contribution >= 4 is 17.4 Å². The van der Waals surface area contributed by atoms with E-state index < -0.39 is 11.6 Å². The van der Waals surface area contributed by atoms with Crippen LogP contribution in [0, 0.1) is 5.82 Å². The minimum Gasteiger partial charge on any atom is -0.494 e. The summed E-state index contributed by atoms with van der Waals surface area (Å²) in [6.07, 6.45) is 2.77. The molecule has 92 valence electrons. The highest BCUT2D eigenvalue weighted by atomic mass is 35.5. The summed E-state index contributed by atoms with van der Waals surface area (Å²) >= 11 is 5.86. The van der Waals surface area contributed by atoms with Crippen LogP contribution in [-0.2, 0) is 0 Å². The van der Waals surface area contributed by atoms with Gasteiger partial charge >= 0.3 is 0 Å². The second-order valence-electron chi connectivity index (χ2n) is 3.51. The third-order valence-electron chi connectivity index (χ3n) is 2.44. The molecule has 2 aromatic rings. The van der Waals surface area contributed by atoms with Crippen molar-refractivity contribution in [1.82, 2.24) is 4.98 Å². The van der Waals surface area contributed by atoms with Crippen LogP contribution >= 0.6 is 11.6 Å². The fourth-order valence-corrected chi connectivity index (χ4v) is 1.75. The lowest BCUT2D eigenvalue weighted by molar-refractivity contribution is 0.103. The van der Waals surface area contributed by atoms with Gasteiger partial charge in [0.05, 0.1) is 17.7 Å². The lowest BCUT2D eigenvalue weighted by Gasteiger charge is -2.07. The summed E-state index contributed by atoms with van der Waals surface area (Å²) < 4.78 is 18.8. The van der Waals surface area contributed by atoms with Crippen LogP contribution in [0.25, 0.3) is 0 Å². The summed E-state index contributed by atoms with van der Waals surface area (Å²) in [5.41, 5.74) is 0.126. The predicted octanol–water partition coefficient (Wildman–Crippen LogP) is 3.11. The first-order valence-corrected chi connectivity index (χ1v) is 5.49. The van der Waals surface area contributed by atoms with Crippen molar-refractivity contribution in [2.75, 3.05) is 7.11 Å². The molecule has 18 heavy (non-hydrogen) atoms. The normalized spacial score (nSPS) is 10.2. The van der Waals surface area contributed by atoms with Crippen LogP contribution in [-0.4, -0.2) is 17.9 Å². The number of rotatable bonds is 3. The van der Waals surface area contributed by atoms with Crippen LogP contribution in [0.15, 0.2) is 36.7 Å². The van der Waals surface area contributed by atoms with Crippen molar-refractivity contribution < 1.29 is 13.9 Å². The number of benzene rings is 1. The highest BCUT2D eigenvalue weighted by molar-refractivity contribution is 6.34. The molecule has 0 atom stereocenters. The maximum atomic E-state index is 13.9. The third kappa shape index (κ3) is 2.19. The van der Waals surface area contributed by atoms with E-state index >= 15 is 0 Å². The van der Waals surface area contributed by atoms with E-state index in [9.17, 15) is 9.18 Å². The Hall–Kier alpha value is -1.94. The highest BCUT2D eigenvalue weighted by Gasteiger charge is 2.19. The SMILES string of the molecule is COc1cccc(C(=O)c2ccncc2Cl)c1F.